The van der Waals surface area contributed by atoms with Crippen molar-refractivity contribution in [1.29, 1.82) is 0 Å². The van der Waals surface area contributed by atoms with E-state index < -0.39 is 0 Å². The van der Waals surface area contributed by atoms with Gasteiger partial charge in [0.25, 0.3) is 0 Å². The van der Waals surface area contributed by atoms with Crippen LogP contribution in [-0.4, -0.2) is 37.9 Å². The first-order valence-corrected chi connectivity index (χ1v) is 9.05. The molecule has 5 rings (SSSR count). The molecule has 8 unspecified atom stereocenters. The zero-order chi connectivity index (χ0) is 15.4. The maximum absolute atomic E-state index is 12.4. The van der Waals surface area contributed by atoms with Crippen molar-refractivity contribution in [3.05, 3.63) is 12.2 Å². The van der Waals surface area contributed by atoms with Crippen LogP contribution in [0.1, 0.15) is 32.1 Å². The molecule has 0 spiro atoms. The van der Waals surface area contributed by atoms with Gasteiger partial charge >= 0.3 is 5.97 Å². The Kier molecular flexibility index (Phi) is 3.50. The van der Waals surface area contributed by atoms with Gasteiger partial charge in [0.05, 0.1) is 18.1 Å². The molecule has 0 amide bonds. The minimum Gasteiger partial charge on any atom is -0.438 e. The van der Waals surface area contributed by atoms with Gasteiger partial charge < -0.3 is 18.9 Å². The number of allylic oxidation sites excluding steroid dienone is 2. The number of hydrogen-bond acceptors (Lipinski definition) is 5. The molecule has 1 saturated carbocycles. The lowest BCUT2D eigenvalue weighted by Crippen LogP contribution is -2.39. The number of ether oxygens (including phenoxy) is 4. The average molecular weight is 320 g/mol. The van der Waals surface area contributed by atoms with Gasteiger partial charge in [-0.2, -0.15) is 0 Å². The number of rotatable bonds is 4. The predicted molar refractivity (Wildman–Crippen MR) is 80.1 cm³/mol. The molecule has 4 bridgehead atoms. The second-order valence-electron chi connectivity index (χ2n) is 7.63. The Morgan fingerprint density at radius 2 is 2.00 bits per heavy atom. The normalized spacial score (nSPS) is 49.6. The van der Waals surface area contributed by atoms with Crippen molar-refractivity contribution in [3.63, 3.8) is 0 Å². The predicted octanol–water partition coefficient (Wildman–Crippen LogP) is 2.26. The van der Waals surface area contributed by atoms with E-state index in [-0.39, 0.29) is 37.2 Å². The van der Waals surface area contributed by atoms with E-state index in [9.17, 15) is 4.79 Å². The van der Waals surface area contributed by atoms with Crippen LogP contribution in [0.15, 0.2) is 12.2 Å². The highest BCUT2D eigenvalue weighted by Gasteiger charge is 2.64. The summed E-state index contributed by atoms with van der Waals surface area (Å²) in [5.74, 6) is 2.21. The van der Waals surface area contributed by atoms with E-state index in [1.807, 2.05) is 0 Å². The van der Waals surface area contributed by atoms with E-state index in [4.69, 9.17) is 18.9 Å². The number of esters is 1. The number of carbonyl (C=O) groups excluding carboxylic acids is 1. The van der Waals surface area contributed by atoms with E-state index >= 15 is 0 Å². The zero-order valence-electron chi connectivity index (χ0n) is 13.3. The quantitative estimate of drug-likeness (QED) is 0.452. The van der Waals surface area contributed by atoms with Crippen molar-refractivity contribution in [2.45, 2.75) is 50.6 Å². The maximum atomic E-state index is 12.4. The molecule has 3 aliphatic heterocycles. The van der Waals surface area contributed by atoms with Crippen LogP contribution in [0.2, 0.25) is 0 Å². The monoisotopic (exact) mass is 320 g/mol. The van der Waals surface area contributed by atoms with Crippen LogP contribution in [0.5, 0.6) is 0 Å². The Balaban J connectivity index is 1.16. The fourth-order valence-corrected chi connectivity index (χ4v) is 5.58. The fourth-order valence-electron chi connectivity index (χ4n) is 5.58. The summed E-state index contributed by atoms with van der Waals surface area (Å²) in [7, 11) is 0. The minimum absolute atomic E-state index is 0.00254. The first-order chi connectivity index (χ1) is 11.3. The summed E-state index contributed by atoms with van der Waals surface area (Å²) in [6.45, 7) is 0.732. The summed E-state index contributed by atoms with van der Waals surface area (Å²) < 4.78 is 22.5. The summed E-state index contributed by atoms with van der Waals surface area (Å²) in [4.78, 5) is 12.4. The van der Waals surface area contributed by atoms with Crippen molar-refractivity contribution in [1.82, 2.24) is 0 Å². The van der Waals surface area contributed by atoms with E-state index in [2.05, 4.69) is 12.2 Å². The van der Waals surface area contributed by atoms with E-state index in [1.165, 1.54) is 6.42 Å². The molecule has 2 aliphatic carbocycles. The summed E-state index contributed by atoms with van der Waals surface area (Å²) in [5, 5.41) is 0. The van der Waals surface area contributed by atoms with Crippen LogP contribution < -0.4 is 0 Å². The molecule has 126 valence electrons. The van der Waals surface area contributed by atoms with Crippen molar-refractivity contribution >= 4 is 5.97 Å². The third-order valence-electron chi connectivity index (χ3n) is 6.50. The molecule has 0 radical (unpaired) electrons. The molecule has 8 atom stereocenters. The average Bonchev–Trinajstić information content (AvgIpc) is 3.34. The second-order valence-corrected chi connectivity index (χ2v) is 7.63. The highest BCUT2D eigenvalue weighted by Crippen LogP contribution is 2.61. The van der Waals surface area contributed by atoms with Crippen LogP contribution in [0.4, 0.5) is 0 Å². The number of carbonyl (C=O) groups is 1. The SMILES string of the molecule is O=C(OCOC1CCCCO1)C1CC2OC1C1C3C=CC(C3)C21. The Labute approximate surface area is 136 Å². The third kappa shape index (κ3) is 2.28. The molecular weight excluding hydrogens is 296 g/mol. The molecular formula is C18H24O5. The van der Waals surface area contributed by atoms with Gasteiger partial charge in [-0.1, -0.05) is 12.2 Å². The molecule has 0 aromatic heterocycles. The topological polar surface area (TPSA) is 54.0 Å². The van der Waals surface area contributed by atoms with Crippen molar-refractivity contribution in [2.75, 3.05) is 13.4 Å². The molecule has 5 heteroatoms. The van der Waals surface area contributed by atoms with Gasteiger partial charge in [0.15, 0.2) is 13.1 Å². The molecule has 5 aliphatic rings. The van der Waals surface area contributed by atoms with Crippen molar-refractivity contribution < 1.29 is 23.7 Å². The first kappa shape index (κ1) is 14.4. The summed E-state index contributed by atoms with van der Waals surface area (Å²) in [5.41, 5.74) is 0. The van der Waals surface area contributed by atoms with Gasteiger partial charge in [-0.05, 0) is 55.8 Å². The zero-order valence-corrected chi connectivity index (χ0v) is 13.3. The molecule has 3 saturated heterocycles. The van der Waals surface area contributed by atoms with Gasteiger partial charge in [0, 0.05) is 6.61 Å². The fraction of sp³-hybridized carbons (Fsp3) is 0.833. The van der Waals surface area contributed by atoms with Crippen LogP contribution in [-0.2, 0) is 23.7 Å². The Bertz CT molecular complexity index is 512. The van der Waals surface area contributed by atoms with E-state index in [0.717, 1.165) is 32.3 Å². The lowest BCUT2D eigenvalue weighted by Gasteiger charge is -2.32. The molecule has 0 N–H and O–H groups in total. The summed E-state index contributed by atoms with van der Waals surface area (Å²) in [6.07, 6.45) is 9.95. The number of fused-ring (bicyclic) bond motifs is 9. The Morgan fingerprint density at radius 1 is 1.13 bits per heavy atom. The molecule has 0 aromatic carbocycles. The molecule has 23 heavy (non-hydrogen) atoms. The van der Waals surface area contributed by atoms with Crippen molar-refractivity contribution in [3.8, 4) is 0 Å². The van der Waals surface area contributed by atoms with Gasteiger partial charge in [0.1, 0.15) is 0 Å². The standard InChI is InChI=1S/C18H24O5/c19-18(22-9-21-14-3-1-2-6-20-14)12-8-13-15-10-4-5-11(7-10)16(15)17(12)23-13/h4-5,10-17H,1-3,6-9H2. The van der Waals surface area contributed by atoms with Crippen LogP contribution in [0, 0.1) is 29.6 Å². The Hall–Kier alpha value is -0.910. The van der Waals surface area contributed by atoms with E-state index in [0.29, 0.717) is 23.7 Å². The molecule has 0 aromatic rings. The molecule has 5 nitrogen and oxygen atoms in total. The largest absolute Gasteiger partial charge is 0.438 e. The van der Waals surface area contributed by atoms with Gasteiger partial charge in [-0.25, -0.2) is 0 Å². The first-order valence-electron chi connectivity index (χ1n) is 9.05. The summed E-state index contributed by atoms with van der Waals surface area (Å²) in [6, 6.07) is 0. The van der Waals surface area contributed by atoms with Gasteiger partial charge in [-0.15, -0.1) is 0 Å². The highest BCUT2D eigenvalue weighted by molar-refractivity contribution is 5.74. The van der Waals surface area contributed by atoms with Crippen LogP contribution >= 0.6 is 0 Å². The van der Waals surface area contributed by atoms with Gasteiger partial charge in [-0.3, -0.25) is 4.79 Å². The summed E-state index contributed by atoms with van der Waals surface area (Å²) >= 11 is 0. The lowest BCUT2D eigenvalue weighted by molar-refractivity contribution is -0.213. The maximum Gasteiger partial charge on any atom is 0.313 e. The molecule has 3 heterocycles. The minimum atomic E-state index is -0.215. The lowest BCUT2D eigenvalue weighted by atomic mass is 9.69. The van der Waals surface area contributed by atoms with Crippen LogP contribution in [0.25, 0.3) is 0 Å². The van der Waals surface area contributed by atoms with Gasteiger partial charge in [0.2, 0.25) is 0 Å². The third-order valence-corrected chi connectivity index (χ3v) is 6.50. The smallest absolute Gasteiger partial charge is 0.313 e. The molecule has 4 fully saturated rings. The highest BCUT2D eigenvalue weighted by atomic mass is 16.8. The second kappa shape index (κ2) is 5.57. The van der Waals surface area contributed by atoms with Crippen LogP contribution in [0.3, 0.4) is 0 Å². The Morgan fingerprint density at radius 3 is 2.83 bits per heavy atom. The van der Waals surface area contributed by atoms with E-state index in [1.54, 1.807) is 0 Å². The number of hydrogen-bond donors (Lipinski definition) is 0. The van der Waals surface area contributed by atoms with Crippen molar-refractivity contribution in [2.24, 2.45) is 29.6 Å².